The highest BCUT2D eigenvalue weighted by molar-refractivity contribution is 5.96. The molecule has 1 aromatic heterocycles. The number of rotatable bonds is 1. The van der Waals surface area contributed by atoms with Crippen molar-refractivity contribution in [1.29, 1.82) is 0 Å². The Hall–Kier alpha value is -1.91. The summed E-state index contributed by atoms with van der Waals surface area (Å²) in [7, 11) is 1.65. The summed E-state index contributed by atoms with van der Waals surface area (Å²) < 4.78 is 5.57. The van der Waals surface area contributed by atoms with Gasteiger partial charge < -0.3 is 9.84 Å². The van der Waals surface area contributed by atoms with Crippen LogP contribution in [0.5, 0.6) is 5.88 Å². The van der Waals surface area contributed by atoms with Gasteiger partial charge in [-0.2, -0.15) is 4.98 Å². The molecule has 2 aliphatic carbocycles. The largest absolute Gasteiger partial charge is 0.515 e. The number of Topliss-reactive ketones (excluding diaryl/α,β-unsaturated/α-hetero) is 1. The van der Waals surface area contributed by atoms with Gasteiger partial charge in [-0.1, -0.05) is 27.7 Å². The Bertz CT molecular complexity index is 718. The van der Waals surface area contributed by atoms with E-state index in [1.807, 2.05) is 0 Å². The van der Waals surface area contributed by atoms with Crippen molar-refractivity contribution < 1.29 is 14.6 Å². The Labute approximate surface area is 143 Å². The summed E-state index contributed by atoms with van der Waals surface area (Å²) >= 11 is 0. The van der Waals surface area contributed by atoms with Crippen molar-refractivity contribution in [2.24, 2.45) is 5.92 Å². The summed E-state index contributed by atoms with van der Waals surface area (Å²) in [6.45, 7) is 8.41. The van der Waals surface area contributed by atoms with E-state index in [0.717, 1.165) is 36.2 Å². The predicted octanol–water partition coefficient (Wildman–Crippen LogP) is 3.41. The van der Waals surface area contributed by atoms with Crippen LogP contribution in [0.25, 0.3) is 0 Å². The third-order valence-electron chi connectivity index (χ3n) is 5.52. The van der Waals surface area contributed by atoms with Gasteiger partial charge in [0.1, 0.15) is 5.82 Å². The molecular weight excluding hydrogens is 304 g/mol. The van der Waals surface area contributed by atoms with Crippen LogP contribution in [0.3, 0.4) is 0 Å². The number of methoxy groups -OCH3 is 1. The van der Waals surface area contributed by atoms with E-state index in [1.165, 1.54) is 0 Å². The first-order valence-electron chi connectivity index (χ1n) is 8.53. The van der Waals surface area contributed by atoms with Crippen molar-refractivity contribution in [2.45, 2.75) is 64.2 Å². The van der Waals surface area contributed by atoms with Gasteiger partial charge in [-0.05, 0) is 25.2 Å². The van der Waals surface area contributed by atoms with Crippen LogP contribution < -0.4 is 4.74 Å². The molecule has 5 heteroatoms. The maximum atomic E-state index is 12.2. The third kappa shape index (κ3) is 2.50. The van der Waals surface area contributed by atoms with E-state index in [1.54, 1.807) is 7.11 Å². The molecule has 2 unspecified atom stereocenters. The number of carbonyl (C=O) groups is 1. The molecule has 0 saturated heterocycles. The van der Waals surface area contributed by atoms with Gasteiger partial charge >= 0.3 is 0 Å². The molecule has 1 N–H and O–H groups in total. The Kier molecular flexibility index (Phi) is 3.93. The maximum Gasteiger partial charge on any atom is 0.219 e. The van der Waals surface area contributed by atoms with Crippen LogP contribution in [0.1, 0.15) is 64.0 Å². The highest BCUT2D eigenvalue weighted by Crippen LogP contribution is 2.51. The minimum Gasteiger partial charge on any atom is -0.515 e. The monoisotopic (exact) mass is 330 g/mol. The van der Waals surface area contributed by atoms with Crippen molar-refractivity contribution in [3.05, 3.63) is 28.9 Å². The van der Waals surface area contributed by atoms with Gasteiger partial charge in [0, 0.05) is 28.4 Å². The van der Waals surface area contributed by atoms with Crippen molar-refractivity contribution in [2.75, 3.05) is 7.11 Å². The highest BCUT2D eigenvalue weighted by Gasteiger charge is 2.48. The van der Waals surface area contributed by atoms with Crippen LogP contribution in [0, 0.1) is 5.92 Å². The number of nitrogens with zero attached hydrogens (tertiary/aromatic N) is 2. The molecule has 0 radical (unpaired) electrons. The smallest absolute Gasteiger partial charge is 0.219 e. The topological polar surface area (TPSA) is 72.3 Å². The standard InChI is InChI=1S/C19H26N2O3/c1-18(2,3)17-20-15-13(16(21-17)24-5)7-6-12-8-14(23)11(10-22)9-19(12,15)4/h10,12,22H,6-9H2,1-5H3/b11-10-. The summed E-state index contributed by atoms with van der Waals surface area (Å²) in [6, 6.07) is 0. The molecule has 1 aromatic rings. The van der Waals surface area contributed by atoms with Crippen molar-refractivity contribution in [3.8, 4) is 5.88 Å². The van der Waals surface area contributed by atoms with Gasteiger partial charge in [-0.25, -0.2) is 4.98 Å². The number of ketones is 1. The van der Waals surface area contributed by atoms with Crippen molar-refractivity contribution in [3.63, 3.8) is 0 Å². The lowest BCUT2D eigenvalue weighted by molar-refractivity contribution is -0.119. The lowest BCUT2D eigenvalue weighted by atomic mass is 9.58. The van der Waals surface area contributed by atoms with E-state index in [0.29, 0.717) is 24.3 Å². The Balaban J connectivity index is 2.20. The lowest BCUT2D eigenvalue weighted by Crippen LogP contribution is -2.44. The van der Waals surface area contributed by atoms with E-state index in [9.17, 15) is 9.90 Å². The fourth-order valence-corrected chi connectivity index (χ4v) is 4.02. The Morgan fingerprint density at radius 3 is 2.62 bits per heavy atom. The number of allylic oxidation sites excluding steroid dienone is 1. The second-order valence-electron chi connectivity index (χ2n) is 8.25. The summed E-state index contributed by atoms with van der Waals surface area (Å²) in [5.41, 5.74) is 2.08. The van der Waals surface area contributed by atoms with Gasteiger partial charge in [0.25, 0.3) is 0 Å². The second-order valence-corrected chi connectivity index (χ2v) is 8.25. The first-order valence-corrected chi connectivity index (χ1v) is 8.53. The van der Waals surface area contributed by atoms with Gasteiger partial charge in [-0.15, -0.1) is 0 Å². The van der Waals surface area contributed by atoms with Crippen LogP contribution >= 0.6 is 0 Å². The van der Waals surface area contributed by atoms with Crippen LogP contribution in [-0.4, -0.2) is 28.0 Å². The molecule has 0 aliphatic heterocycles. The fraction of sp³-hybridized carbons (Fsp3) is 0.632. The van der Waals surface area contributed by atoms with Gasteiger partial charge in [-0.3, -0.25) is 4.79 Å². The Morgan fingerprint density at radius 1 is 1.33 bits per heavy atom. The van der Waals surface area contributed by atoms with E-state index in [2.05, 4.69) is 32.7 Å². The SMILES string of the molecule is COc1nc(C(C)(C)C)nc2c1CCC1CC(=O)/C(=C\O)CC21C. The summed E-state index contributed by atoms with van der Waals surface area (Å²) in [5, 5.41) is 9.46. The number of carbonyl (C=O) groups excluding carboxylic acids is 1. The quantitative estimate of drug-likeness (QED) is 0.631. The van der Waals surface area contributed by atoms with Gasteiger partial charge in [0.15, 0.2) is 5.78 Å². The van der Waals surface area contributed by atoms with Crippen molar-refractivity contribution >= 4 is 5.78 Å². The zero-order chi connectivity index (χ0) is 17.7. The van der Waals surface area contributed by atoms with Crippen LogP contribution in [0.2, 0.25) is 0 Å². The molecule has 0 aromatic carbocycles. The molecule has 130 valence electrons. The molecule has 2 atom stereocenters. The number of ether oxygens (including phenoxy) is 1. The molecule has 3 rings (SSSR count). The molecule has 1 fully saturated rings. The number of fused-ring (bicyclic) bond motifs is 3. The molecular formula is C19H26N2O3. The predicted molar refractivity (Wildman–Crippen MR) is 91.4 cm³/mol. The molecule has 2 aliphatic rings. The fourth-order valence-electron chi connectivity index (χ4n) is 4.02. The first-order chi connectivity index (χ1) is 11.2. The molecule has 0 bridgehead atoms. The van der Waals surface area contributed by atoms with Gasteiger partial charge in [0.05, 0.1) is 19.1 Å². The molecule has 1 saturated carbocycles. The molecule has 5 nitrogen and oxygen atoms in total. The lowest BCUT2D eigenvalue weighted by Gasteiger charge is -2.45. The maximum absolute atomic E-state index is 12.2. The number of aliphatic hydroxyl groups is 1. The van der Waals surface area contributed by atoms with E-state index in [-0.39, 0.29) is 22.5 Å². The zero-order valence-corrected chi connectivity index (χ0v) is 15.1. The minimum absolute atomic E-state index is 0.0560. The molecule has 0 spiro atoms. The second kappa shape index (κ2) is 5.57. The first kappa shape index (κ1) is 16.9. The number of hydrogen-bond donors (Lipinski definition) is 1. The number of aliphatic hydroxyl groups excluding tert-OH is 1. The van der Waals surface area contributed by atoms with Crippen LogP contribution in [0.15, 0.2) is 11.8 Å². The summed E-state index contributed by atoms with van der Waals surface area (Å²) in [6.07, 6.45) is 3.71. The Morgan fingerprint density at radius 2 is 2.04 bits per heavy atom. The average molecular weight is 330 g/mol. The van der Waals surface area contributed by atoms with E-state index < -0.39 is 0 Å². The summed E-state index contributed by atoms with van der Waals surface area (Å²) in [5.74, 6) is 1.71. The van der Waals surface area contributed by atoms with E-state index in [4.69, 9.17) is 9.72 Å². The third-order valence-corrected chi connectivity index (χ3v) is 5.52. The minimum atomic E-state index is -0.272. The highest BCUT2D eigenvalue weighted by atomic mass is 16.5. The van der Waals surface area contributed by atoms with Gasteiger partial charge in [0.2, 0.25) is 5.88 Å². The molecule has 1 heterocycles. The summed E-state index contributed by atoms with van der Waals surface area (Å²) in [4.78, 5) is 21.8. The zero-order valence-electron chi connectivity index (χ0n) is 15.1. The van der Waals surface area contributed by atoms with Crippen LogP contribution in [-0.2, 0) is 22.0 Å². The van der Waals surface area contributed by atoms with E-state index >= 15 is 0 Å². The molecule has 0 amide bonds. The number of aromatic nitrogens is 2. The molecule has 24 heavy (non-hydrogen) atoms. The number of hydrogen-bond acceptors (Lipinski definition) is 5. The normalized spacial score (nSPS) is 28.5. The average Bonchev–Trinajstić information content (AvgIpc) is 2.53. The van der Waals surface area contributed by atoms with Crippen molar-refractivity contribution in [1.82, 2.24) is 9.97 Å². The van der Waals surface area contributed by atoms with Crippen LogP contribution in [0.4, 0.5) is 0 Å².